The molecule has 1 aliphatic rings. The average molecular weight is 260 g/mol. The molecular weight excluding hydrogens is 239 g/mol. The van der Waals surface area contributed by atoms with Gasteiger partial charge < -0.3 is 5.32 Å². The molecule has 0 aliphatic heterocycles. The highest BCUT2D eigenvalue weighted by molar-refractivity contribution is 5.33. The van der Waals surface area contributed by atoms with E-state index < -0.39 is 0 Å². The van der Waals surface area contributed by atoms with Crippen molar-refractivity contribution in [3.8, 4) is 6.07 Å². The maximum absolute atomic E-state index is 13.6. The molecule has 2 unspecified atom stereocenters. The van der Waals surface area contributed by atoms with E-state index in [4.69, 9.17) is 5.26 Å². The highest BCUT2D eigenvalue weighted by Gasteiger charge is 2.20. The summed E-state index contributed by atoms with van der Waals surface area (Å²) in [7, 11) is 0. The van der Waals surface area contributed by atoms with Crippen LogP contribution in [-0.2, 0) is 6.54 Å². The molecule has 19 heavy (non-hydrogen) atoms. The van der Waals surface area contributed by atoms with Gasteiger partial charge in [0.2, 0.25) is 0 Å². The SMILES string of the molecule is CC1CCCCC1CNCc1cc(C#N)ccc1F. The zero-order chi connectivity index (χ0) is 13.7. The molecule has 0 spiro atoms. The Morgan fingerprint density at radius 1 is 1.37 bits per heavy atom. The molecule has 0 aromatic heterocycles. The van der Waals surface area contributed by atoms with E-state index in [1.807, 2.05) is 6.07 Å². The van der Waals surface area contributed by atoms with Crippen molar-refractivity contribution in [1.82, 2.24) is 5.32 Å². The number of benzene rings is 1. The van der Waals surface area contributed by atoms with E-state index in [0.29, 0.717) is 23.6 Å². The number of nitriles is 1. The number of hydrogen-bond acceptors (Lipinski definition) is 2. The summed E-state index contributed by atoms with van der Waals surface area (Å²) in [6.07, 6.45) is 5.24. The Bertz CT molecular complexity index is 464. The molecule has 1 aromatic carbocycles. The van der Waals surface area contributed by atoms with Gasteiger partial charge >= 0.3 is 0 Å². The summed E-state index contributed by atoms with van der Waals surface area (Å²) in [6, 6.07) is 6.57. The number of halogens is 1. The fourth-order valence-electron chi connectivity index (χ4n) is 2.87. The van der Waals surface area contributed by atoms with Gasteiger partial charge in [0.25, 0.3) is 0 Å². The number of nitrogens with one attached hydrogen (secondary N) is 1. The molecule has 1 fully saturated rings. The van der Waals surface area contributed by atoms with Crippen LogP contribution < -0.4 is 5.32 Å². The van der Waals surface area contributed by atoms with Crippen LogP contribution in [0.4, 0.5) is 4.39 Å². The monoisotopic (exact) mass is 260 g/mol. The molecule has 102 valence electrons. The van der Waals surface area contributed by atoms with Gasteiger partial charge in [0.1, 0.15) is 5.82 Å². The van der Waals surface area contributed by atoms with E-state index in [1.165, 1.54) is 37.8 Å². The summed E-state index contributed by atoms with van der Waals surface area (Å²) in [4.78, 5) is 0. The Kier molecular flexibility index (Phi) is 4.93. The largest absolute Gasteiger partial charge is 0.312 e. The molecule has 1 N–H and O–H groups in total. The maximum atomic E-state index is 13.6. The second-order valence-electron chi connectivity index (χ2n) is 5.57. The van der Waals surface area contributed by atoms with Crippen molar-refractivity contribution in [2.45, 2.75) is 39.2 Å². The topological polar surface area (TPSA) is 35.8 Å². The minimum Gasteiger partial charge on any atom is -0.312 e. The third-order valence-electron chi connectivity index (χ3n) is 4.19. The molecule has 3 heteroatoms. The van der Waals surface area contributed by atoms with Gasteiger partial charge in [0.15, 0.2) is 0 Å². The van der Waals surface area contributed by atoms with E-state index in [0.717, 1.165) is 12.5 Å². The van der Waals surface area contributed by atoms with E-state index in [1.54, 1.807) is 6.07 Å². The third kappa shape index (κ3) is 3.78. The Hall–Kier alpha value is -1.40. The summed E-state index contributed by atoms with van der Waals surface area (Å²) in [5, 5.41) is 12.2. The molecule has 0 saturated heterocycles. The Morgan fingerprint density at radius 2 is 2.16 bits per heavy atom. The first-order valence-electron chi connectivity index (χ1n) is 7.10. The predicted octanol–water partition coefficient (Wildman–Crippen LogP) is 3.61. The number of hydrogen-bond donors (Lipinski definition) is 1. The Morgan fingerprint density at radius 3 is 2.89 bits per heavy atom. The van der Waals surface area contributed by atoms with Crippen LogP contribution in [0.15, 0.2) is 18.2 Å². The highest BCUT2D eigenvalue weighted by atomic mass is 19.1. The summed E-state index contributed by atoms with van der Waals surface area (Å²) in [5.41, 5.74) is 1.10. The molecule has 1 saturated carbocycles. The lowest BCUT2D eigenvalue weighted by Crippen LogP contribution is -2.29. The van der Waals surface area contributed by atoms with Crippen molar-refractivity contribution in [1.29, 1.82) is 5.26 Å². The summed E-state index contributed by atoms with van der Waals surface area (Å²) < 4.78 is 13.6. The number of nitrogens with zero attached hydrogens (tertiary/aromatic N) is 1. The zero-order valence-corrected chi connectivity index (χ0v) is 11.5. The molecule has 0 radical (unpaired) electrons. The average Bonchev–Trinajstić information content (AvgIpc) is 2.43. The summed E-state index contributed by atoms with van der Waals surface area (Å²) in [6.45, 7) is 3.75. The first-order chi connectivity index (χ1) is 9.20. The van der Waals surface area contributed by atoms with E-state index >= 15 is 0 Å². The normalized spacial score (nSPS) is 23.0. The molecule has 0 heterocycles. The highest BCUT2D eigenvalue weighted by Crippen LogP contribution is 2.28. The van der Waals surface area contributed by atoms with E-state index in [2.05, 4.69) is 12.2 Å². The molecule has 0 bridgehead atoms. The van der Waals surface area contributed by atoms with Gasteiger partial charge in [-0.05, 0) is 43.0 Å². The van der Waals surface area contributed by atoms with E-state index in [9.17, 15) is 4.39 Å². The van der Waals surface area contributed by atoms with E-state index in [-0.39, 0.29) is 5.82 Å². The van der Waals surface area contributed by atoms with Gasteiger partial charge in [-0.25, -0.2) is 4.39 Å². The summed E-state index contributed by atoms with van der Waals surface area (Å²) >= 11 is 0. The molecule has 1 aliphatic carbocycles. The van der Waals surface area contributed by atoms with Crippen LogP contribution in [0.2, 0.25) is 0 Å². The quantitative estimate of drug-likeness (QED) is 0.897. The zero-order valence-electron chi connectivity index (χ0n) is 11.5. The fourth-order valence-corrected chi connectivity index (χ4v) is 2.87. The predicted molar refractivity (Wildman–Crippen MR) is 73.9 cm³/mol. The minimum atomic E-state index is -0.233. The van der Waals surface area contributed by atoms with Crippen LogP contribution in [0.1, 0.15) is 43.7 Å². The van der Waals surface area contributed by atoms with Gasteiger partial charge in [0, 0.05) is 12.1 Å². The van der Waals surface area contributed by atoms with Crippen molar-refractivity contribution in [2.24, 2.45) is 11.8 Å². The van der Waals surface area contributed by atoms with Crippen LogP contribution in [0, 0.1) is 29.0 Å². The first kappa shape index (κ1) is 14.0. The van der Waals surface area contributed by atoms with Gasteiger partial charge in [0.05, 0.1) is 11.6 Å². The Balaban J connectivity index is 1.87. The lowest BCUT2D eigenvalue weighted by atomic mass is 9.80. The minimum absolute atomic E-state index is 0.233. The molecular formula is C16H21FN2. The smallest absolute Gasteiger partial charge is 0.127 e. The van der Waals surface area contributed by atoms with Crippen molar-refractivity contribution in [3.05, 3.63) is 35.1 Å². The Labute approximate surface area is 114 Å². The van der Waals surface area contributed by atoms with Crippen molar-refractivity contribution in [2.75, 3.05) is 6.54 Å². The first-order valence-corrected chi connectivity index (χ1v) is 7.10. The van der Waals surface area contributed by atoms with Crippen molar-refractivity contribution >= 4 is 0 Å². The molecule has 2 atom stereocenters. The molecule has 2 rings (SSSR count). The van der Waals surface area contributed by atoms with Gasteiger partial charge in [-0.3, -0.25) is 0 Å². The standard InChI is InChI=1S/C16H21FN2/c1-12-4-2-3-5-14(12)10-19-11-15-8-13(9-18)6-7-16(15)17/h6-8,12,14,19H,2-5,10-11H2,1H3. The van der Waals surface area contributed by atoms with Crippen molar-refractivity contribution < 1.29 is 4.39 Å². The van der Waals surface area contributed by atoms with Crippen LogP contribution >= 0.6 is 0 Å². The van der Waals surface area contributed by atoms with Crippen molar-refractivity contribution in [3.63, 3.8) is 0 Å². The molecule has 2 nitrogen and oxygen atoms in total. The molecule has 1 aromatic rings. The molecule has 0 amide bonds. The van der Waals surface area contributed by atoms with Crippen LogP contribution in [-0.4, -0.2) is 6.54 Å². The fraction of sp³-hybridized carbons (Fsp3) is 0.562. The third-order valence-corrected chi connectivity index (χ3v) is 4.19. The van der Waals surface area contributed by atoms with Crippen LogP contribution in [0.5, 0.6) is 0 Å². The van der Waals surface area contributed by atoms with Crippen LogP contribution in [0.3, 0.4) is 0 Å². The lowest BCUT2D eigenvalue weighted by Gasteiger charge is -2.28. The number of rotatable bonds is 4. The second kappa shape index (κ2) is 6.68. The summed E-state index contributed by atoms with van der Waals surface area (Å²) in [5.74, 6) is 1.23. The second-order valence-corrected chi connectivity index (χ2v) is 5.57. The van der Waals surface area contributed by atoms with Gasteiger partial charge in [-0.2, -0.15) is 5.26 Å². The van der Waals surface area contributed by atoms with Crippen LogP contribution in [0.25, 0.3) is 0 Å². The van der Waals surface area contributed by atoms with Gasteiger partial charge in [-0.1, -0.05) is 26.2 Å². The lowest BCUT2D eigenvalue weighted by molar-refractivity contribution is 0.247. The maximum Gasteiger partial charge on any atom is 0.127 e. The van der Waals surface area contributed by atoms with Gasteiger partial charge in [-0.15, -0.1) is 0 Å².